The number of rotatable bonds is 16. The molecule has 0 saturated carbocycles. The first kappa shape index (κ1) is 25.6. The zero-order chi connectivity index (χ0) is 23.0. The average Bonchev–Trinajstić information content (AvgIpc) is 2.86. The maximum atomic E-state index is 5.91. The normalized spacial score (nSPS) is 16.1. The van der Waals surface area contributed by atoms with Gasteiger partial charge in [0.1, 0.15) is 11.6 Å². The highest BCUT2D eigenvalue weighted by Gasteiger charge is 2.15. The van der Waals surface area contributed by atoms with Crippen LogP contribution >= 0.6 is 0 Å². The van der Waals surface area contributed by atoms with Gasteiger partial charge in [-0.3, -0.25) is 0 Å². The minimum Gasteiger partial charge on any atom is -0.465 e. The smallest absolute Gasteiger partial charge is 0.199 e. The van der Waals surface area contributed by atoms with Crippen LogP contribution in [-0.4, -0.2) is 49.3 Å². The SMILES string of the molecule is CCOCCOCCCCCCCCc1ncc(-c2ccc(OC3CCCCO3)cc2)cn1. The number of ether oxygens (including phenoxy) is 4. The molecule has 6 nitrogen and oxygen atoms in total. The summed E-state index contributed by atoms with van der Waals surface area (Å²) in [6.45, 7) is 5.82. The van der Waals surface area contributed by atoms with Gasteiger partial charge in [0.15, 0.2) is 6.29 Å². The summed E-state index contributed by atoms with van der Waals surface area (Å²) in [5.74, 6) is 1.77. The van der Waals surface area contributed by atoms with Crippen LogP contribution in [0.25, 0.3) is 11.1 Å². The lowest BCUT2D eigenvalue weighted by Crippen LogP contribution is -2.24. The average molecular weight is 457 g/mol. The van der Waals surface area contributed by atoms with Gasteiger partial charge in [0.05, 0.1) is 19.8 Å². The number of benzene rings is 1. The molecule has 33 heavy (non-hydrogen) atoms. The molecule has 2 heterocycles. The number of aryl methyl sites for hydroxylation is 1. The molecule has 0 radical (unpaired) electrons. The van der Waals surface area contributed by atoms with E-state index in [9.17, 15) is 0 Å². The first-order chi connectivity index (χ1) is 16.3. The third-order valence-corrected chi connectivity index (χ3v) is 5.81. The molecular formula is C27H40N2O4. The van der Waals surface area contributed by atoms with E-state index in [2.05, 4.69) is 22.1 Å². The van der Waals surface area contributed by atoms with Crippen molar-refractivity contribution in [3.8, 4) is 16.9 Å². The highest BCUT2D eigenvalue weighted by atomic mass is 16.7. The number of aromatic nitrogens is 2. The molecule has 1 aromatic carbocycles. The van der Waals surface area contributed by atoms with Crippen molar-refractivity contribution in [2.75, 3.05) is 33.0 Å². The third-order valence-electron chi connectivity index (χ3n) is 5.81. The van der Waals surface area contributed by atoms with Crippen molar-refractivity contribution >= 4 is 0 Å². The van der Waals surface area contributed by atoms with Gasteiger partial charge in [-0.05, 0) is 50.3 Å². The first-order valence-electron chi connectivity index (χ1n) is 12.7. The molecule has 1 fully saturated rings. The van der Waals surface area contributed by atoms with Gasteiger partial charge in [-0.15, -0.1) is 0 Å². The fraction of sp³-hybridized carbons (Fsp3) is 0.630. The van der Waals surface area contributed by atoms with Crippen LogP contribution in [0.3, 0.4) is 0 Å². The van der Waals surface area contributed by atoms with Crippen LogP contribution in [-0.2, 0) is 20.6 Å². The van der Waals surface area contributed by atoms with E-state index in [1.807, 2.05) is 31.5 Å². The zero-order valence-electron chi connectivity index (χ0n) is 20.2. The van der Waals surface area contributed by atoms with Gasteiger partial charge in [-0.2, -0.15) is 0 Å². The second-order valence-electron chi connectivity index (χ2n) is 8.51. The first-order valence-corrected chi connectivity index (χ1v) is 12.7. The minimum absolute atomic E-state index is 0.114. The fourth-order valence-corrected chi connectivity index (χ4v) is 3.87. The van der Waals surface area contributed by atoms with Gasteiger partial charge in [-0.1, -0.05) is 37.8 Å². The molecule has 2 aromatic rings. The maximum absolute atomic E-state index is 5.91. The topological polar surface area (TPSA) is 62.7 Å². The van der Waals surface area contributed by atoms with E-state index in [-0.39, 0.29) is 6.29 Å². The Morgan fingerprint density at radius 3 is 2.27 bits per heavy atom. The molecule has 1 saturated heterocycles. The van der Waals surface area contributed by atoms with E-state index in [1.54, 1.807) is 0 Å². The van der Waals surface area contributed by atoms with Crippen LogP contribution in [0.15, 0.2) is 36.7 Å². The van der Waals surface area contributed by atoms with Crippen molar-refractivity contribution in [2.45, 2.75) is 77.4 Å². The van der Waals surface area contributed by atoms with Crippen molar-refractivity contribution in [1.29, 1.82) is 0 Å². The van der Waals surface area contributed by atoms with E-state index in [4.69, 9.17) is 18.9 Å². The lowest BCUT2D eigenvalue weighted by Gasteiger charge is -2.23. The standard InChI is InChI=1S/C27H40N2O4/c1-2-30-19-20-31-17-9-6-4-3-5-7-11-26-28-21-24(22-29-26)23-13-15-25(16-14-23)33-27-12-8-10-18-32-27/h13-16,21-22,27H,2-12,17-20H2,1H3. The van der Waals surface area contributed by atoms with Crippen LogP contribution < -0.4 is 4.74 Å². The molecule has 0 N–H and O–H groups in total. The Labute approximate surface area is 199 Å². The Kier molecular flexibility index (Phi) is 12.2. The summed E-state index contributed by atoms with van der Waals surface area (Å²) in [7, 11) is 0. The lowest BCUT2D eigenvalue weighted by molar-refractivity contribution is -0.105. The fourth-order valence-electron chi connectivity index (χ4n) is 3.87. The number of hydrogen-bond donors (Lipinski definition) is 0. The van der Waals surface area contributed by atoms with Crippen LogP contribution in [0.1, 0.15) is 70.5 Å². The van der Waals surface area contributed by atoms with Gasteiger partial charge in [0.2, 0.25) is 0 Å². The number of unbranched alkanes of at least 4 members (excludes halogenated alkanes) is 5. The molecule has 1 atom stereocenters. The summed E-state index contributed by atoms with van der Waals surface area (Å²) in [4.78, 5) is 9.14. The Hall–Kier alpha value is -2.02. The molecular weight excluding hydrogens is 416 g/mol. The van der Waals surface area contributed by atoms with E-state index in [0.717, 1.165) is 81.0 Å². The maximum Gasteiger partial charge on any atom is 0.199 e. The zero-order valence-corrected chi connectivity index (χ0v) is 20.2. The molecule has 1 aliphatic heterocycles. The second kappa shape index (κ2) is 15.8. The van der Waals surface area contributed by atoms with Gasteiger partial charge in [0, 0.05) is 44.0 Å². The lowest BCUT2D eigenvalue weighted by atomic mass is 10.1. The molecule has 182 valence electrons. The highest BCUT2D eigenvalue weighted by Crippen LogP contribution is 2.24. The Balaban J connectivity index is 1.26. The molecule has 6 heteroatoms. The van der Waals surface area contributed by atoms with Gasteiger partial charge in [-0.25, -0.2) is 9.97 Å². The van der Waals surface area contributed by atoms with Gasteiger partial charge < -0.3 is 18.9 Å². The summed E-state index contributed by atoms with van der Waals surface area (Å²) in [5, 5.41) is 0. The summed E-state index contributed by atoms with van der Waals surface area (Å²) >= 11 is 0. The van der Waals surface area contributed by atoms with Crippen LogP contribution in [0.4, 0.5) is 0 Å². The summed E-state index contributed by atoms with van der Waals surface area (Å²) < 4.78 is 22.4. The molecule has 0 bridgehead atoms. The summed E-state index contributed by atoms with van der Waals surface area (Å²) in [6, 6.07) is 8.10. The largest absolute Gasteiger partial charge is 0.465 e. The van der Waals surface area contributed by atoms with Crippen molar-refractivity contribution in [2.24, 2.45) is 0 Å². The molecule has 1 aliphatic rings. The van der Waals surface area contributed by atoms with Gasteiger partial charge >= 0.3 is 0 Å². The van der Waals surface area contributed by atoms with E-state index in [0.29, 0.717) is 13.2 Å². The van der Waals surface area contributed by atoms with Gasteiger partial charge in [0.25, 0.3) is 0 Å². The monoisotopic (exact) mass is 456 g/mol. The quantitative estimate of drug-likeness (QED) is 0.289. The van der Waals surface area contributed by atoms with Crippen molar-refractivity contribution in [3.05, 3.63) is 42.5 Å². The van der Waals surface area contributed by atoms with Crippen LogP contribution in [0.2, 0.25) is 0 Å². The molecule has 1 aromatic heterocycles. The molecule has 1 unspecified atom stereocenters. The highest BCUT2D eigenvalue weighted by molar-refractivity contribution is 5.62. The van der Waals surface area contributed by atoms with E-state index < -0.39 is 0 Å². The molecule has 3 rings (SSSR count). The molecule has 0 spiro atoms. The Morgan fingerprint density at radius 1 is 0.818 bits per heavy atom. The van der Waals surface area contributed by atoms with Crippen molar-refractivity contribution in [3.63, 3.8) is 0 Å². The predicted molar refractivity (Wildman–Crippen MR) is 130 cm³/mol. The third kappa shape index (κ3) is 10.2. The number of hydrogen-bond acceptors (Lipinski definition) is 6. The Bertz CT molecular complexity index is 746. The molecule has 0 aliphatic carbocycles. The van der Waals surface area contributed by atoms with Crippen LogP contribution in [0.5, 0.6) is 5.75 Å². The second-order valence-corrected chi connectivity index (χ2v) is 8.51. The predicted octanol–water partition coefficient (Wildman–Crippen LogP) is 5.99. The summed E-state index contributed by atoms with van der Waals surface area (Å²) in [6.07, 6.45) is 15.2. The molecule has 0 amide bonds. The van der Waals surface area contributed by atoms with Crippen LogP contribution in [0, 0.1) is 0 Å². The van der Waals surface area contributed by atoms with E-state index >= 15 is 0 Å². The van der Waals surface area contributed by atoms with Crippen molar-refractivity contribution in [1.82, 2.24) is 9.97 Å². The Morgan fingerprint density at radius 2 is 1.55 bits per heavy atom. The van der Waals surface area contributed by atoms with E-state index in [1.165, 1.54) is 25.7 Å². The number of nitrogens with zero attached hydrogens (tertiary/aromatic N) is 2. The summed E-state index contributed by atoms with van der Waals surface area (Å²) in [5.41, 5.74) is 2.13. The minimum atomic E-state index is -0.114. The van der Waals surface area contributed by atoms with Crippen molar-refractivity contribution < 1.29 is 18.9 Å².